The quantitative estimate of drug-likeness (QED) is 0.627. The van der Waals surface area contributed by atoms with Gasteiger partial charge in [0, 0.05) is 12.0 Å². The van der Waals surface area contributed by atoms with E-state index in [0.717, 1.165) is 12.1 Å². The predicted molar refractivity (Wildman–Crippen MR) is 54.8 cm³/mol. The normalized spacial score (nSPS) is 12.3. The second kappa shape index (κ2) is 5.21. The number of ether oxygens (including phenoxy) is 1. The molecule has 0 fully saturated rings. The first-order valence-corrected chi connectivity index (χ1v) is 5.12. The molecule has 0 radical (unpaired) electrons. The lowest BCUT2D eigenvalue weighted by atomic mass is 10.1. The smallest absolute Gasteiger partial charge is 0.319 e. The third-order valence-corrected chi connectivity index (χ3v) is 2.60. The second-order valence-electron chi connectivity index (χ2n) is 2.90. The lowest BCUT2D eigenvalue weighted by Gasteiger charge is -2.08. The van der Waals surface area contributed by atoms with Gasteiger partial charge in [-0.2, -0.15) is 0 Å². The first kappa shape index (κ1) is 12.1. The van der Waals surface area contributed by atoms with Crippen LogP contribution in [0.1, 0.15) is 5.56 Å². The van der Waals surface area contributed by atoms with E-state index < -0.39 is 22.4 Å². The fourth-order valence-electron chi connectivity index (χ4n) is 1.12. The molecule has 1 unspecified atom stereocenters. The monoisotopic (exact) mass is 278 g/mol. The molecule has 1 aromatic rings. The van der Waals surface area contributed by atoms with Crippen LogP contribution >= 0.6 is 15.9 Å². The number of methoxy groups -OCH3 is 1. The molecule has 0 N–H and O–H groups in total. The number of hydrogen-bond donors (Lipinski definition) is 0. The van der Waals surface area contributed by atoms with Gasteiger partial charge in [-0.25, -0.2) is 8.78 Å². The Hall–Kier alpha value is -0.970. The number of halogens is 3. The third-order valence-electron chi connectivity index (χ3n) is 1.90. The van der Waals surface area contributed by atoms with E-state index in [4.69, 9.17) is 0 Å². The SMILES string of the molecule is COC(=O)C(Br)Cc1c(F)cccc1F. The number of alkyl halides is 1. The molecule has 0 aliphatic heterocycles. The summed E-state index contributed by atoms with van der Waals surface area (Å²) in [5, 5.41) is 0. The average molecular weight is 279 g/mol. The van der Waals surface area contributed by atoms with Crippen molar-refractivity contribution in [3.05, 3.63) is 35.4 Å². The molecule has 15 heavy (non-hydrogen) atoms. The van der Waals surface area contributed by atoms with Gasteiger partial charge in [-0.3, -0.25) is 4.79 Å². The van der Waals surface area contributed by atoms with Crippen molar-refractivity contribution in [1.82, 2.24) is 0 Å². The van der Waals surface area contributed by atoms with Gasteiger partial charge < -0.3 is 4.74 Å². The Morgan fingerprint density at radius 2 is 2.00 bits per heavy atom. The van der Waals surface area contributed by atoms with E-state index in [2.05, 4.69) is 20.7 Å². The van der Waals surface area contributed by atoms with E-state index in [1.807, 2.05) is 0 Å². The molecule has 0 saturated heterocycles. The molecule has 0 aliphatic carbocycles. The Morgan fingerprint density at radius 1 is 1.47 bits per heavy atom. The number of carbonyl (C=O) groups excluding carboxylic acids is 1. The largest absolute Gasteiger partial charge is 0.468 e. The van der Waals surface area contributed by atoms with Crippen LogP contribution in [0, 0.1) is 11.6 Å². The maximum atomic E-state index is 13.2. The Kier molecular flexibility index (Phi) is 4.20. The van der Waals surface area contributed by atoms with Crippen molar-refractivity contribution in [2.75, 3.05) is 7.11 Å². The van der Waals surface area contributed by atoms with Gasteiger partial charge in [-0.05, 0) is 12.1 Å². The highest BCUT2D eigenvalue weighted by atomic mass is 79.9. The Balaban J connectivity index is 2.85. The van der Waals surface area contributed by atoms with E-state index in [-0.39, 0.29) is 12.0 Å². The fraction of sp³-hybridized carbons (Fsp3) is 0.300. The van der Waals surface area contributed by atoms with Crippen LogP contribution in [0.25, 0.3) is 0 Å². The fourth-order valence-corrected chi connectivity index (χ4v) is 1.63. The van der Waals surface area contributed by atoms with Crippen LogP contribution in [0.4, 0.5) is 8.78 Å². The molecule has 0 spiro atoms. The summed E-state index contributed by atoms with van der Waals surface area (Å²) < 4.78 is 30.8. The standard InChI is InChI=1S/C10H9BrF2O2/c1-15-10(14)7(11)5-6-8(12)3-2-4-9(6)13/h2-4,7H,5H2,1H3. The highest BCUT2D eigenvalue weighted by Gasteiger charge is 2.19. The van der Waals surface area contributed by atoms with Gasteiger partial charge in [0.25, 0.3) is 0 Å². The molecule has 82 valence electrons. The first-order valence-electron chi connectivity index (χ1n) is 4.21. The zero-order valence-corrected chi connectivity index (χ0v) is 9.55. The topological polar surface area (TPSA) is 26.3 Å². The lowest BCUT2D eigenvalue weighted by Crippen LogP contribution is -2.19. The molecule has 1 aromatic carbocycles. The van der Waals surface area contributed by atoms with Gasteiger partial charge in [-0.1, -0.05) is 22.0 Å². The lowest BCUT2D eigenvalue weighted by molar-refractivity contribution is -0.139. The van der Waals surface area contributed by atoms with Gasteiger partial charge in [0.2, 0.25) is 0 Å². The third kappa shape index (κ3) is 2.99. The van der Waals surface area contributed by atoms with Crippen LogP contribution in [-0.4, -0.2) is 17.9 Å². The Morgan fingerprint density at radius 3 is 2.47 bits per heavy atom. The van der Waals surface area contributed by atoms with Crippen LogP contribution in [0.5, 0.6) is 0 Å². The predicted octanol–water partition coefficient (Wildman–Crippen LogP) is 2.44. The van der Waals surface area contributed by atoms with Crippen molar-refractivity contribution in [2.24, 2.45) is 0 Å². The van der Waals surface area contributed by atoms with Crippen LogP contribution in [0.15, 0.2) is 18.2 Å². The molecule has 0 aliphatic rings. The number of benzene rings is 1. The minimum Gasteiger partial charge on any atom is -0.468 e. The number of carbonyl (C=O) groups is 1. The molecule has 0 amide bonds. The summed E-state index contributed by atoms with van der Waals surface area (Å²) in [6.45, 7) is 0. The van der Waals surface area contributed by atoms with Crippen molar-refractivity contribution < 1.29 is 18.3 Å². The van der Waals surface area contributed by atoms with Gasteiger partial charge in [0.1, 0.15) is 16.5 Å². The number of rotatable bonds is 3. The second-order valence-corrected chi connectivity index (χ2v) is 4.00. The molecular weight excluding hydrogens is 270 g/mol. The van der Waals surface area contributed by atoms with Crippen LogP contribution in [0.3, 0.4) is 0 Å². The highest BCUT2D eigenvalue weighted by molar-refractivity contribution is 9.10. The first-order chi connectivity index (χ1) is 7.06. The zero-order valence-electron chi connectivity index (χ0n) is 7.97. The molecule has 0 heterocycles. The van der Waals surface area contributed by atoms with Crippen molar-refractivity contribution in [3.8, 4) is 0 Å². The molecule has 2 nitrogen and oxygen atoms in total. The summed E-state index contributed by atoms with van der Waals surface area (Å²) in [6.07, 6.45) is -0.0782. The maximum absolute atomic E-state index is 13.2. The molecule has 0 aromatic heterocycles. The molecule has 0 bridgehead atoms. The van der Waals surface area contributed by atoms with E-state index in [0.29, 0.717) is 0 Å². The van der Waals surface area contributed by atoms with Crippen LogP contribution in [-0.2, 0) is 16.0 Å². The molecule has 5 heteroatoms. The maximum Gasteiger partial charge on any atom is 0.319 e. The molecule has 1 rings (SSSR count). The van der Waals surface area contributed by atoms with Gasteiger partial charge in [0.05, 0.1) is 7.11 Å². The van der Waals surface area contributed by atoms with E-state index in [9.17, 15) is 13.6 Å². The zero-order chi connectivity index (χ0) is 11.4. The minimum atomic E-state index is -0.742. The molecular formula is C10H9BrF2O2. The van der Waals surface area contributed by atoms with E-state index in [1.54, 1.807) is 0 Å². The van der Waals surface area contributed by atoms with Crippen molar-refractivity contribution in [2.45, 2.75) is 11.2 Å². The van der Waals surface area contributed by atoms with Crippen LogP contribution < -0.4 is 0 Å². The van der Waals surface area contributed by atoms with Crippen molar-refractivity contribution in [1.29, 1.82) is 0 Å². The summed E-state index contributed by atoms with van der Waals surface area (Å²) in [5.41, 5.74) is -0.121. The summed E-state index contributed by atoms with van der Waals surface area (Å²) in [5.74, 6) is -1.88. The molecule has 1 atom stereocenters. The summed E-state index contributed by atoms with van der Waals surface area (Å²) >= 11 is 3.00. The van der Waals surface area contributed by atoms with E-state index >= 15 is 0 Å². The van der Waals surface area contributed by atoms with Gasteiger partial charge >= 0.3 is 5.97 Å². The summed E-state index contributed by atoms with van der Waals surface area (Å²) in [7, 11) is 1.22. The Labute approximate surface area is 94.4 Å². The van der Waals surface area contributed by atoms with Gasteiger partial charge in [-0.15, -0.1) is 0 Å². The average Bonchev–Trinajstić information content (AvgIpc) is 2.22. The van der Waals surface area contributed by atoms with Crippen molar-refractivity contribution in [3.63, 3.8) is 0 Å². The van der Waals surface area contributed by atoms with Crippen molar-refractivity contribution >= 4 is 21.9 Å². The Bertz CT molecular complexity index is 348. The highest BCUT2D eigenvalue weighted by Crippen LogP contribution is 2.17. The summed E-state index contributed by atoms with van der Waals surface area (Å²) in [6, 6.07) is 3.57. The van der Waals surface area contributed by atoms with Gasteiger partial charge in [0.15, 0.2) is 0 Å². The number of hydrogen-bond acceptors (Lipinski definition) is 2. The minimum absolute atomic E-state index is 0.0782. The number of esters is 1. The summed E-state index contributed by atoms with van der Waals surface area (Å²) in [4.78, 5) is 10.3. The van der Waals surface area contributed by atoms with Crippen LogP contribution in [0.2, 0.25) is 0 Å². The van der Waals surface area contributed by atoms with E-state index in [1.165, 1.54) is 13.2 Å². The molecule has 0 saturated carbocycles.